The molecule has 0 bridgehead atoms. The Bertz CT molecular complexity index is 407. The number of amides is 2. The fourth-order valence-corrected chi connectivity index (χ4v) is 1.04. The number of nitrogens with two attached hydrogens (primary N) is 2. The van der Waals surface area contributed by atoms with Crippen LogP contribution in [0.2, 0.25) is 0 Å². The summed E-state index contributed by atoms with van der Waals surface area (Å²) in [5.74, 6) is -1.30. The molecule has 0 aliphatic rings. The summed E-state index contributed by atoms with van der Waals surface area (Å²) in [7, 11) is 0. The minimum Gasteiger partial charge on any atom is -0.381 e. The number of carbonyl (C=O) groups is 2. The van der Waals surface area contributed by atoms with Crippen LogP contribution in [-0.2, 0) is 4.79 Å². The first-order valence-electron chi connectivity index (χ1n) is 4.48. The van der Waals surface area contributed by atoms with E-state index in [2.05, 4.69) is 10.3 Å². The number of aliphatic hydroxyl groups excluding tert-OH is 1. The van der Waals surface area contributed by atoms with E-state index in [1.165, 1.54) is 12.3 Å². The molecule has 1 aromatic heterocycles. The van der Waals surface area contributed by atoms with Gasteiger partial charge in [0.25, 0.3) is 5.91 Å². The third-order valence-corrected chi connectivity index (χ3v) is 1.86. The van der Waals surface area contributed by atoms with Crippen molar-refractivity contribution in [3.63, 3.8) is 0 Å². The average molecular weight is 224 g/mol. The lowest BCUT2D eigenvalue weighted by molar-refractivity contribution is -0.125. The smallest absolute Gasteiger partial charge is 0.252 e. The van der Waals surface area contributed by atoms with Crippen LogP contribution in [0, 0.1) is 0 Å². The second kappa shape index (κ2) is 5.08. The summed E-state index contributed by atoms with van der Waals surface area (Å²) >= 11 is 0. The summed E-state index contributed by atoms with van der Waals surface area (Å²) in [5, 5.41) is 11.7. The molecule has 0 aliphatic carbocycles. The van der Waals surface area contributed by atoms with Crippen molar-refractivity contribution in [2.75, 3.05) is 11.9 Å². The first-order valence-corrected chi connectivity index (χ1v) is 4.48. The first-order chi connectivity index (χ1) is 7.52. The van der Waals surface area contributed by atoms with E-state index < -0.39 is 17.9 Å². The van der Waals surface area contributed by atoms with Crippen LogP contribution in [0.15, 0.2) is 18.3 Å². The molecule has 0 radical (unpaired) electrons. The molecule has 16 heavy (non-hydrogen) atoms. The summed E-state index contributed by atoms with van der Waals surface area (Å²) in [5.41, 5.74) is 10.1. The van der Waals surface area contributed by atoms with Crippen LogP contribution in [0.25, 0.3) is 0 Å². The van der Waals surface area contributed by atoms with Gasteiger partial charge in [0.2, 0.25) is 5.91 Å². The van der Waals surface area contributed by atoms with E-state index >= 15 is 0 Å². The average Bonchev–Trinajstić information content (AvgIpc) is 2.25. The zero-order valence-corrected chi connectivity index (χ0v) is 8.38. The van der Waals surface area contributed by atoms with Crippen LogP contribution in [0.3, 0.4) is 0 Å². The molecule has 6 N–H and O–H groups in total. The van der Waals surface area contributed by atoms with Gasteiger partial charge >= 0.3 is 0 Å². The Morgan fingerprint density at radius 1 is 1.50 bits per heavy atom. The molecular formula is C9H12N4O3. The van der Waals surface area contributed by atoms with Crippen LogP contribution in [0.4, 0.5) is 5.82 Å². The van der Waals surface area contributed by atoms with Crippen LogP contribution < -0.4 is 16.8 Å². The molecule has 0 aliphatic heterocycles. The number of carbonyl (C=O) groups excluding carboxylic acids is 2. The van der Waals surface area contributed by atoms with E-state index in [1.54, 1.807) is 6.07 Å². The molecule has 1 unspecified atom stereocenters. The Hall–Kier alpha value is -2.15. The molecule has 2 amide bonds. The SMILES string of the molecule is NC(=O)c1cccnc1NCC(O)C(N)=O. The maximum absolute atomic E-state index is 11.0. The number of aromatic nitrogens is 1. The van der Waals surface area contributed by atoms with Gasteiger partial charge in [-0.15, -0.1) is 0 Å². The highest BCUT2D eigenvalue weighted by molar-refractivity contribution is 5.97. The highest BCUT2D eigenvalue weighted by Crippen LogP contribution is 2.09. The van der Waals surface area contributed by atoms with Gasteiger partial charge < -0.3 is 21.9 Å². The second-order valence-corrected chi connectivity index (χ2v) is 3.06. The predicted octanol–water partition coefficient (Wildman–Crippen LogP) is -1.56. The van der Waals surface area contributed by atoms with Crippen molar-refractivity contribution in [2.24, 2.45) is 11.5 Å². The number of nitrogens with zero attached hydrogens (tertiary/aromatic N) is 1. The fourth-order valence-electron chi connectivity index (χ4n) is 1.04. The molecule has 0 spiro atoms. The van der Waals surface area contributed by atoms with Gasteiger partial charge in [0.15, 0.2) is 0 Å². The summed E-state index contributed by atoms with van der Waals surface area (Å²) in [6.07, 6.45) is 0.105. The van der Waals surface area contributed by atoms with Crippen molar-refractivity contribution in [2.45, 2.75) is 6.10 Å². The molecule has 7 nitrogen and oxygen atoms in total. The summed E-state index contributed by atoms with van der Waals surface area (Å²) in [6.45, 7) is -0.132. The van der Waals surface area contributed by atoms with Gasteiger partial charge in [-0.25, -0.2) is 4.98 Å². The Morgan fingerprint density at radius 3 is 2.75 bits per heavy atom. The number of nitrogens with one attached hydrogen (secondary N) is 1. The molecule has 86 valence electrons. The zero-order chi connectivity index (χ0) is 12.1. The van der Waals surface area contributed by atoms with Crippen LogP contribution in [0.5, 0.6) is 0 Å². The van der Waals surface area contributed by atoms with Crippen molar-refractivity contribution in [1.29, 1.82) is 0 Å². The first kappa shape index (κ1) is 11.9. The molecular weight excluding hydrogens is 212 g/mol. The largest absolute Gasteiger partial charge is 0.381 e. The zero-order valence-electron chi connectivity index (χ0n) is 8.38. The van der Waals surface area contributed by atoms with Crippen LogP contribution in [-0.4, -0.2) is 34.6 Å². The number of rotatable bonds is 5. The van der Waals surface area contributed by atoms with E-state index in [4.69, 9.17) is 16.6 Å². The Labute approximate surface area is 91.5 Å². The molecule has 7 heteroatoms. The van der Waals surface area contributed by atoms with E-state index in [1.807, 2.05) is 0 Å². The van der Waals surface area contributed by atoms with Crippen LogP contribution >= 0.6 is 0 Å². The highest BCUT2D eigenvalue weighted by Gasteiger charge is 2.13. The molecule has 1 aromatic rings. The summed E-state index contributed by atoms with van der Waals surface area (Å²) in [4.78, 5) is 25.4. The number of hydrogen-bond acceptors (Lipinski definition) is 5. The normalized spacial score (nSPS) is 11.8. The quantitative estimate of drug-likeness (QED) is 0.480. The number of anilines is 1. The second-order valence-electron chi connectivity index (χ2n) is 3.06. The Balaban J connectivity index is 2.74. The topological polar surface area (TPSA) is 131 Å². The molecule has 0 saturated carbocycles. The molecule has 1 heterocycles. The minimum absolute atomic E-state index is 0.132. The lowest BCUT2D eigenvalue weighted by Crippen LogP contribution is -2.34. The number of aliphatic hydroxyl groups is 1. The van der Waals surface area contributed by atoms with Crippen LogP contribution in [0.1, 0.15) is 10.4 Å². The van der Waals surface area contributed by atoms with Crippen molar-refractivity contribution in [3.8, 4) is 0 Å². The fraction of sp³-hybridized carbons (Fsp3) is 0.222. The van der Waals surface area contributed by atoms with Gasteiger partial charge in [0, 0.05) is 6.20 Å². The lowest BCUT2D eigenvalue weighted by Gasteiger charge is -2.10. The molecule has 0 fully saturated rings. The third-order valence-electron chi connectivity index (χ3n) is 1.86. The Kier molecular flexibility index (Phi) is 3.78. The maximum atomic E-state index is 11.0. The summed E-state index contributed by atoms with van der Waals surface area (Å²) in [6, 6.07) is 3.03. The van der Waals surface area contributed by atoms with Crippen molar-refractivity contribution < 1.29 is 14.7 Å². The van der Waals surface area contributed by atoms with Gasteiger partial charge in [0.05, 0.1) is 12.1 Å². The number of primary amides is 2. The van der Waals surface area contributed by atoms with Gasteiger partial charge in [-0.1, -0.05) is 0 Å². The molecule has 1 rings (SSSR count). The molecule has 0 saturated heterocycles. The standard InChI is InChI=1S/C9H12N4O3/c10-7(15)5-2-1-3-12-9(5)13-4-6(14)8(11)16/h1-3,6,14H,4H2,(H2,10,15)(H2,11,16)(H,12,13). The monoisotopic (exact) mass is 224 g/mol. The van der Waals surface area contributed by atoms with E-state index in [0.29, 0.717) is 0 Å². The highest BCUT2D eigenvalue weighted by atomic mass is 16.3. The van der Waals surface area contributed by atoms with Gasteiger partial charge in [0.1, 0.15) is 11.9 Å². The number of hydrogen-bond donors (Lipinski definition) is 4. The summed E-state index contributed by atoms with van der Waals surface area (Å²) < 4.78 is 0. The van der Waals surface area contributed by atoms with Gasteiger partial charge in [-0.05, 0) is 12.1 Å². The van der Waals surface area contributed by atoms with Gasteiger partial charge in [-0.3, -0.25) is 9.59 Å². The van der Waals surface area contributed by atoms with E-state index in [-0.39, 0.29) is 17.9 Å². The maximum Gasteiger partial charge on any atom is 0.252 e. The third kappa shape index (κ3) is 2.92. The van der Waals surface area contributed by atoms with E-state index in [9.17, 15) is 9.59 Å². The predicted molar refractivity (Wildman–Crippen MR) is 56.4 cm³/mol. The molecule has 0 aromatic carbocycles. The van der Waals surface area contributed by atoms with E-state index in [0.717, 1.165) is 0 Å². The van der Waals surface area contributed by atoms with Crippen molar-refractivity contribution in [1.82, 2.24) is 4.98 Å². The van der Waals surface area contributed by atoms with Crippen molar-refractivity contribution in [3.05, 3.63) is 23.9 Å². The molecule has 1 atom stereocenters. The van der Waals surface area contributed by atoms with Gasteiger partial charge in [-0.2, -0.15) is 0 Å². The lowest BCUT2D eigenvalue weighted by atomic mass is 10.2. The van der Waals surface area contributed by atoms with Crippen molar-refractivity contribution >= 4 is 17.6 Å². The Morgan fingerprint density at radius 2 is 2.19 bits per heavy atom. The number of pyridine rings is 1. The minimum atomic E-state index is -1.34.